The van der Waals surface area contributed by atoms with Gasteiger partial charge in [0.1, 0.15) is 7.85 Å². The lowest BCUT2D eigenvalue weighted by Crippen LogP contribution is -2.21. The van der Waals surface area contributed by atoms with Crippen molar-refractivity contribution in [3.8, 4) is 0 Å². The highest BCUT2D eigenvalue weighted by Gasteiger charge is 2.12. The molecule has 13 heavy (non-hydrogen) atoms. The number of allylic oxidation sites excluding steroid dienone is 2. The second-order valence-corrected chi connectivity index (χ2v) is 4.20. The van der Waals surface area contributed by atoms with Gasteiger partial charge in [-0.3, -0.25) is 0 Å². The topological polar surface area (TPSA) is 9.23 Å². The molecule has 3 heteroatoms. The lowest BCUT2D eigenvalue weighted by atomic mass is 9.86. The zero-order valence-electron chi connectivity index (χ0n) is 8.78. The van der Waals surface area contributed by atoms with Gasteiger partial charge in [-0.05, 0) is 27.7 Å². The molecule has 0 aliphatic carbocycles. The average Bonchev–Trinajstić information content (AvgIpc) is 2.00. The van der Waals surface area contributed by atoms with Gasteiger partial charge < -0.3 is 4.18 Å². The molecule has 0 saturated carbocycles. The lowest BCUT2D eigenvalue weighted by molar-refractivity contribution is 0.239. The molecule has 0 fully saturated rings. The highest BCUT2D eigenvalue weighted by Crippen LogP contribution is 2.21. The first-order valence-corrected chi connectivity index (χ1v) is 5.19. The van der Waals surface area contributed by atoms with Gasteiger partial charge in [0.2, 0.25) is 0 Å². The van der Waals surface area contributed by atoms with Crippen molar-refractivity contribution in [3.63, 3.8) is 0 Å². The third kappa shape index (κ3) is 8.19. The summed E-state index contributed by atoms with van der Waals surface area (Å²) in [6.07, 6.45) is 8.14. The molecule has 0 aliphatic heterocycles. The predicted octanol–water partition coefficient (Wildman–Crippen LogP) is 3.08. The fraction of sp³-hybridized carbons (Fsp3) is 0.600. The van der Waals surface area contributed by atoms with E-state index in [0.29, 0.717) is 0 Å². The van der Waals surface area contributed by atoms with Gasteiger partial charge in [0.25, 0.3) is 0 Å². The molecule has 0 spiro atoms. The van der Waals surface area contributed by atoms with Crippen LogP contribution in [0.3, 0.4) is 0 Å². The molecule has 0 aromatic carbocycles. The Morgan fingerprint density at radius 2 is 1.69 bits per heavy atom. The minimum atomic E-state index is -0.577. The van der Waals surface area contributed by atoms with Crippen LogP contribution in [0.4, 0.5) is 0 Å². The van der Waals surface area contributed by atoms with E-state index in [9.17, 15) is 0 Å². The molecule has 0 rings (SSSR count). The molecule has 0 bridgehead atoms. The van der Waals surface area contributed by atoms with Crippen LogP contribution in [0.1, 0.15) is 27.7 Å². The molecular weight excluding hydrogens is 179 g/mol. The summed E-state index contributed by atoms with van der Waals surface area (Å²) in [6.45, 7) is 7.65. The summed E-state index contributed by atoms with van der Waals surface area (Å²) in [5.74, 6) is 0. The second-order valence-electron chi connectivity index (χ2n) is 3.30. The van der Waals surface area contributed by atoms with Gasteiger partial charge in [0.15, 0.2) is 0 Å². The Morgan fingerprint density at radius 3 is 2.00 bits per heavy atom. The van der Waals surface area contributed by atoms with Gasteiger partial charge >= 0.3 is 0 Å². The molecule has 0 unspecified atom stereocenters. The van der Waals surface area contributed by atoms with E-state index in [2.05, 4.69) is 12.2 Å². The minimum absolute atomic E-state index is 0.248. The zero-order valence-corrected chi connectivity index (χ0v) is 9.60. The van der Waals surface area contributed by atoms with Crippen LogP contribution in [0.2, 0.25) is 0 Å². The summed E-state index contributed by atoms with van der Waals surface area (Å²) in [5, 5.41) is 0.248. The van der Waals surface area contributed by atoms with E-state index in [1.807, 2.05) is 39.8 Å². The molecule has 0 amide bonds. The SMILES string of the molecule is [B]C(C)(C)OSC(C=CC)C=CC. The highest BCUT2D eigenvalue weighted by atomic mass is 32.2. The minimum Gasteiger partial charge on any atom is -0.318 e. The third-order valence-electron chi connectivity index (χ3n) is 1.14. The van der Waals surface area contributed by atoms with Gasteiger partial charge in [-0.25, -0.2) is 0 Å². The Bertz CT molecular complexity index is 170. The van der Waals surface area contributed by atoms with Crippen molar-refractivity contribution in [1.82, 2.24) is 0 Å². The molecule has 0 heterocycles. The summed E-state index contributed by atoms with van der Waals surface area (Å²) in [6, 6.07) is 0. The number of hydrogen-bond donors (Lipinski definition) is 0. The van der Waals surface area contributed by atoms with Gasteiger partial charge in [-0.2, -0.15) is 0 Å². The van der Waals surface area contributed by atoms with Crippen LogP contribution in [-0.4, -0.2) is 18.6 Å². The molecule has 2 radical (unpaired) electrons. The molecule has 0 atom stereocenters. The first kappa shape index (κ1) is 12.9. The van der Waals surface area contributed by atoms with Crippen LogP contribution >= 0.6 is 12.0 Å². The van der Waals surface area contributed by atoms with Gasteiger partial charge in [-0.1, -0.05) is 24.3 Å². The maximum Gasteiger partial charge on any atom is 0.114 e. The van der Waals surface area contributed by atoms with Crippen molar-refractivity contribution in [2.75, 3.05) is 0 Å². The highest BCUT2D eigenvalue weighted by molar-refractivity contribution is 7.95. The number of hydrogen-bond acceptors (Lipinski definition) is 2. The summed E-state index contributed by atoms with van der Waals surface area (Å²) in [4.78, 5) is 0. The fourth-order valence-corrected chi connectivity index (χ4v) is 1.49. The lowest BCUT2D eigenvalue weighted by Gasteiger charge is -2.20. The van der Waals surface area contributed by atoms with Crippen molar-refractivity contribution in [2.45, 2.75) is 38.4 Å². The normalized spacial score (nSPS) is 15.7. The van der Waals surface area contributed by atoms with E-state index in [0.717, 1.165) is 0 Å². The molecular formula is C10H17BOS. The van der Waals surface area contributed by atoms with Gasteiger partial charge in [0.05, 0.1) is 5.25 Å². The van der Waals surface area contributed by atoms with Crippen LogP contribution in [-0.2, 0) is 4.18 Å². The molecule has 1 nitrogen and oxygen atoms in total. The van der Waals surface area contributed by atoms with E-state index >= 15 is 0 Å². The standard InChI is InChI=1S/C10H17BOS/c1-5-7-9(8-6-2)13-12-10(3,4)11/h5-9H,1-4H3. The van der Waals surface area contributed by atoms with Crippen molar-refractivity contribution in [3.05, 3.63) is 24.3 Å². The molecule has 0 N–H and O–H groups in total. The molecule has 0 aliphatic rings. The maximum atomic E-state index is 5.68. The van der Waals surface area contributed by atoms with E-state index in [4.69, 9.17) is 12.0 Å². The van der Waals surface area contributed by atoms with E-state index in [-0.39, 0.29) is 5.25 Å². The van der Waals surface area contributed by atoms with Gasteiger partial charge in [-0.15, -0.1) is 0 Å². The molecule has 72 valence electrons. The Labute approximate surface area is 87.2 Å². The maximum absolute atomic E-state index is 5.68. The zero-order chi connectivity index (χ0) is 10.3. The number of rotatable bonds is 5. The fourth-order valence-electron chi connectivity index (χ4n) is 0.687. The molecule has 0 aromatic rings. The first-order valence-electron chi connectivity index (χ1n) is 4.38. The van der Waals surface area contributed by atoms with E-state index in [1.54, 1.807) is 0 Å². The van der Waals surface area contributed by atoms with Crippen LogP contribution in [0.25, 0.3) is 0 Å². The smallest absolute Gasteiger partial charge is 0.114 e. The van der Waals surface area contributed by atoms with Crippen LogP contribution < -0.4 is 0 Å². The summed E-state index contributed by atoms with van der Waals surface area (Å²) < 4.78 is 5.39. The second kappa shape index (κ2) is 6.33. The van der Waals surface area contributed by atoms with Crippen LogP contribution in [0, 0.1) is 0 Å². The van der Waals surface area contributed by atoms with Crippen LogP contribution in [0.5, 0.6) is 0 Å². The quantitative estimate of drug-likeness (QED) is 0.379. The Kier molecular flexibility index (Phi) is 6.26. The third-order valence-corrected chi connectivity index (χ3v) is 2.20. The van der Waals surface area contributed by atoms with Crippen molar-refractivity contribution in [1.29, 1.82) is 0 Å². The van der Waals surface area contributed by atoms with Gasteiger partial charge in [0, 0.05) is 17.5 Å². The van der Waals surface area contributed by atoms with Crippen LogP contribution in [0.15, 0.2) is 24.3 Å². The van der Waals surface area contributed by atoms with Crippen molar-refractivity contribution < 1.29 is 4.18 Å². The van der Waals surface area contributed by atoms with E-state index in [1.165, 1.54) is 12.0 Å². The molecule has 0 saturated heterocycles. The summed E-state index contributed by atoms with van der Waals surface area (Å²) in [7, 11) is 5.68. The Hall–Kier alpha value is -0.145. The largest absolute Gasteiger partial charge is 0.318 e. The Morgan fingerprint density at radius 1 is 1.23 bits per heavy atom. The average molecular weight is 196 g/mol. The monoisotopic (exact) mass is 196 g/mol. The van der Waals surface area contributed by atoms with Crippen molar-refractivity contribution in [2.24, 2.45) is 0 Å². The van der Waals surface area contributed by atoms with E-state index < -0.39 is 5.50 Å². The summed E-state index contributed by atoms with van der Waals surface area (Å²) >= 11 is 1.38. The summed E-state index contributed by atoms with van der Waals surface area (Å²) in [5.41, 5.74) is -0.577. The van der Waals surface area contributed by atoms with Crippen molar-refractivity contribution >= 4 is 19.9 Å². The first-order chi connectivity index (χ1) is 5.99. The Balaban J connectivity index is 3.97. The molecule has 0 aromatic heterocycles. The predicted molar refractivity (Wildman–Crippen MR) is 61.9 cm³/mol.